The molecule has 2 aliphatic rings. The van der Waals surface area contributed by atoms with Gasteiger partial charge in [0.05, 0.1) is 5.02 Å². The number of carbonyl (C=O) groups is 3. The third-order valence-electron chi connectivity index (χ3n) is 6.94. The van der Waals surface area contributed by atoms with Crippen LogP contribution in [-0.4, -0.2) is 73.1 Å². The van der Waals surface area contributed by atoms with Crippen LogP contribution in [0.25, 0.3) is 10.8 Å². The van der Waals surface area contributed by atoms with Gasteiger partial charge in [-0.05, 0) is 41.5 Å². The summed E-state index contributed by atoms with van der Waals surface area (Å²) in [6.45, 7) is 1.62. The molecule has 1 atom stereocenters. The Kier molecular flexibility index (Phi) is 6.43. The molecule has 0 aliphatic carbocycles. The molecule has 5 rings (SSSR count). The number of hydrogen-bond acceptors (Lipinski definition) is 5. The molecule has 2 fully saturated rings. The van der Waals surface area contributed by atoms with Crippen molar-refractivity contribution in [3.63, 3.8) is 0 Å². The lowest BCUT2D eigenvalue weighted by Crippen LogP contribution is -2.53. The number of benzene rings is 3. The number of nitrogens with zero attached hydrogens (tertiary/aromatic N) is 3. The molecule has 2 aliphatic heterocycles. The molecule has 3 aromatic carbocycles. The van der Waals surface area contributed by atoms with Crippen LogP contribution < -0.4 is 5.32 Å². The number of amides is 4. The standard InChI is InChI=1S/C26H25ClN4O5S/c1-26(20-11-10-18-6-2-3-7-19(18)16-20)24(33)31(25(34)28-26)17-23(32)29-12-14-30(15-13-29)37(35,36)22-9-5-4-8-21(22)27/h2-11,16H,12-15,17H2,1H3,(H,28,34)/t26-/m1/s1. The average Bonchev–Trinajstić information content (AvgIpc) is 3.12. The average molecular weight is 541 g/mol. The van der Waals surface area contributed by atoms with Gasteiger partial charge in [-0.2, -0.15) is 4.31 Å². The number of fused-ring (bicyclic) bond motifs is 1. The normalized spacial score (nSPS) is 20.9. The maximum atomic E-state index is 13.3. The van der Waals surface area contributed by atoms with E-state index in [0.717, 1.165) is 15.7 Å². The molecular formula is C26H25ClN4O5S. The summed E-state index contributed by atoms with van der Waals surface area (Å²) < 4.78 is 27.2. The summed E-state index contributed by atoms with van der Waals surface area (Å²) >= 11 is 6.08. The second-order valence-corrected chi connectivity index (χ2v) is 11.5. The first-order valence-electron chi connectivity index (χ1n) is 11.8. The topological polar surface area (TPSA) is 107 Å². The van der Waals surface area contributed by atoms with Gasteiger partial charge in [-0.15, -0.1) is 0 Å². The van der Waals surface area contributed by atoms with Crippen molar-refractivity contribution in [3.8, 4) is 0 Å². The highest BCUT2D eigenvalue weighted by Gasteiger charge is 2.50. The van der Waals surface area contributed by atoms with E-state index in [4.69, 9.17) is 11.6 Å². The van der Waals surface area contributed by atoms with Crippen molar-refractivity contribution in [3.05, 3.63) is 77.3 Å². The highest BCUT2D eigenvalue weighted by atomic mass is 35.5. The summed E-state index contributed by atoms with van der Waals surface area (Å²) in [5.74, 6) is -0.942. The third kappa shape index (κ3) is 4.45. The van der Waals surface area contributed by atoms with E-state index in [-0.39, 0.29) is 36.1 Å². The van der Waals surface area contributed by atoms with E-state index < -0.39 is 40.0 Å². The molecule has 0 bridgehead atoms. The van der Waals surface area contributed by atoms with Crippen LogP contribution in [0.2, 0.25) is 5.02 Å². The van der Waals surface area contributed by atoms with Gasteiger partial charge in [0.25, 0.3) is 5.91 Å². The van der Waals surface area contributed by atoms with Gasteiger partial charge < -0.3 is 10.2 Å². The molecule has 9 nitrogen and oxygen atoms in total. The van der Waals surface area contributed by atoms with Crippen LogP contribution in [-0.2, 0) is 25.2 Å². The third-order valence-corrected chi connectivity index (χ3v) is 9.34. The quantitative estimate of drug-likeness (QED) is 0.501. The molecule has 0 unspecified atom stereocenters. The predicted molar refractivity (Wildman–Crippen MR) is 138 cm³/mol. The minimum absolute atomic E-state index is 0.0174. The smallest absolute Gasteiger partial charge is 0.325 e. The number of sulfonamides is 1. The van der Waals surface area contributed by atoms with Gasteiger partial charge in [0.1, 0.15) is 17.0 Å². The zero-order chi connectivity index (χ0) is 26.4. The summed E-state index contributed by atoms with van der Waals surface area (Å²) in [5.41, 5.74) is -0.679. The molecule has 4 amide bonds. The fourth-order valence-corrected chi connectivity index (χ4v) is 6.66. The van der Waals surface area contributed by atoms with Gasteiger partial charge in [0, 0.05) is 26.2 Å². The number of carbonyl (C=O) groups excluding carboxylic acids is 3. The van der Waals surface area contributed by atoms with Crippen molar-refractivity contribution in [2.75, 3.05) is 32.7 Å². The minimum Gasteiger partial charge on any atom is -0.338 e. The Morgan fingerprint density at radius 1 is 0.946 bits per heavy atom. The summed E-state index contributed by atoms with van der Waals surface area (Å²) in [7, 11) is -3.81. The maximum absolute atomic E-state index is 13.3. The van der Waals surface area contributed by atoms with Crippen molar-refractivity contribution in [1.82, 2.24) is 19.4 Å². The molecule has 1 N–H and O–H groups in total. The Labute approximate surface area is 219 Å². The van der Waals surface area contributed by atoms with Crippen LogP contribution in [0.1, 0.15) is 12.5 Å². The van der Waals surface area contributed by atoms with Crippen LogP contribution in [0, 0.1) is 0 Å². The van der Waals surface area contributed by atoms with E-state index in [1.54, 1.807) is 25.1 Å². The van der Waals surface area contributed by atoms with Gasteiger partial charge in [-0.3, -0.25) is 14.5 Å². The number of urea groups is 1. The van der Waals surface area contributed by atoms with Crippen molar-refractivity contribution in [2.45, 2.75) is 17.4 Å². The molecule has 192 valence electrons. The van der Waals surface area contributed by atoms with E-state index in [9.17, 15) is 22.8 Å². The Morgan fingerprint density at radius 2 is 1.59 bits per heavy atom. The summed E-state index contributed by atoms with van der Waals surface area (Å²) in [6.07, 6.45) is 0. The van der Waals surface area contributed by atoms with E-state index >= 15 is 0 Å². The zero-order valence-corrected chi connectivity index (χ0v) is 21.6. The Hall–Kier alpha value is -3.47. The number of rotatable bonds is 5. The monoisotopic (exact) mass is 540 g/mol. The zero-order valence-electron chi connectivity index (χ0n) is 20.1. The van der Waals surface area contributed by atoms with Crippen LogP contribution >= 0.6 is 11.6 Å². The fraction of sp³-hybridized carbons (Fsp3) is 0.269. The Bertz CT molecular complexity index is 1520. The van der Waals surface area contributed by atoms with Gasteiger partial charge in [0.15, 0.2) is 0 Å². The first-order valence-corrected chi connectivity index (χ1v) is 13.6. The lowest BCUT2D eigenvalue weighted by molar-refractivity contribution is -0.139. The molecule has 0 aromatic heterocycles. The lowest BCUT2D eigenvalue weighted by atomic mass is 9.90. The molecule has 37 heavy (non-hydrogen) atoms. The van der Waals surface area contributed by atoms with Crippen molar-refractivity contribution >= 4 is 50.2 Å². The summed E-state index contributed by atoms with van der Waals surface area (Å²) in [6, 6.07) is 18.8. The number of piperazine rings is 1. The molecule has 11 heteroatoms. The van der Waals surface area contributed by atoms with Crippen LogP contribution in [0.3, 0.4) is 0 Å². The predicted octanol–water partition coefficient (Wildman–Crippen LogP) is 2.79. The van der Waals surface area contributed by atoms with Gasteiger partial charge >= 0.3 is 6.03 Å². The van der Waals surface area contributed by atoms with Crippen LogP contribution in [0.5, 0.6) is 0 Å². The minimum atomic E-state index is -3.81. The van der Waals surface area contributed by atoms with Crippen LogP contribution in [0.15, 0.2) is 71.6 Å². The first kappa shape index (κ1) is 25.2. The fourth-order valence-electron chi connectivity index (χ4n) is 4.74. The van der Waals surface area contributed by atoms with Crippen LogP contribution in [0.4, 0.5) is 4.79 Å². The summed E-state index contributed by atoms with van der Waals surface area (Å²) in [4.78, 5) is 41.5. The highest BCUT2D eigenvalue weighted by Crippen LogP contribution is 2.31. The molecule has 2 saturated heterocycles. The van der Waals surface area contributed by atoms with Gasteiger partial charge in [-0.1, -0.05) is 60.1 Å². The summed E-state index contributed by atoms with van der Waals surface area (Å²) in [5, 5.41) is 4.81. The van der Waals surface area contributed by atoms with Crippen molar-refractivity contribution in [1.29, 1.82) is 0 Å². The van der Waals surface area contributed by atoms with E-state index in [0.29, 0.717) is 5.56 Å². The van der Waals surface area contributed by atoms with Gasteiger partial charge in [-0.25, -0.2) is 13.2 Å². The number of imide groups is 1. The highest BCUT2D eigenvalue weighted by molar-refractivity contribution is 7.89. The molecule has 0 spiro atoms. The van der Waals surface area contributed by atoms with Crippen molar-refractivity contribution < 1.29 is 22.8 Å². The molecule has 3 aromatic rings. The molecule has 0 saturated carbocycles. The largest absolute Gasteiger partial charge is 0.338 e. The second-order valence-electron chi connectivity index (χ2n) is 9.22. The van der Waals surface area contributed by atoms with E-state index in [2.05, 4.69) is 5.32 Å². The Balaban J connectivity index is 1.26. The van der Waals surface area contributed by atoms with E-state index in [1.807, 2.05) is 36.4 Å². The Morgan fingerprint density at radius 3 is 2.30 bits per heavy atom. The van der Waals surface area contributed by atoms with Crippen molar-refractivity contribution in [2.24, 2.45) is 0 Å². The number of hydrogen-bond donors (Lipinski definition) is 1. The second kappa shape index (κ2) is 9.44. The lowest BCUT2D eigenvalue weighted by Gasteiger charge is -2.34. The molecule has 0 radical (unpaired) electrons. The number of halogens is 1. The first-order chi connectivity index (χ1) is 17.6. The maximum Gasteiger partial charge on any atom is 0.325 e. The number of nitrogens with one attached hydrogen (secondary N) is 1. The molecular weight excluding hydrogens is 516 g/mol. The SMILES string of the molecule is C[C@]1(c2ccc3ccccc3c2)NC(=O)N(CC(=O)N2CCN(S(=O)(=O)c3ccccc3Cl)CC2)C1=O. The van der Waals surface area contributed by atoms with Gasteiger partial charge in [0.2, 0.25) is 15.9 Å². The van der Waals surface area contributed by atoms with E-state index in [1.165, 1.54) is 21.3 Å². The molecule has 2 heterocycles.